The minimum absolute atomic E-state index is 0.000592. The third-order valence-electron chi connectivity index (χ3n) is 4.73. The summed E-state index contributed by atoms with van der Waals surface area (Å²) in [6.45, 7) is 1.82. The number of nitro benzene ring substituents is 1. The Hall–Kier alpha value is -3.92. The SMILES string of the molecule is COc1cc(NC(=O)c2sc3nc(-c4cccc([N+](=O)[O-])c4)cn3c2C)cc(OC)c1. The number of aryl methyl sites for hydroxylation is 1. The molecule has 0 saturated carbocycles. The quantitative estimate of drug-likeness (QED) is 0.350. The number of fused-ring (bicyclic) bond motifs is 1. The molecule has 0 aliphatic heterocycles. The lowest BCUT2D eigenvalue weighted by molar-refractivity contribution is -0.384. The number of thiazole rings is 1. The molecular formula is C21H18N4O5S. The van der Waals surface area contributed by atoms with Crippen LogP contribution in [0.15, 0.2) is 48.7 Å². The van der Waals surface area contributed by atoms with E-state index in [0.29, 0.717) is 38.3 Å². The smallest absolute Gasteiger partial charge is 0.270 e. The zero-order chi connectivity index (χ0) is 22.1. The number of amides is 1. The van der Waals surface area contributed by atoms with Gasteiger partial charge in [-0.2, -0.15) is 0 Å². The van der Waals surface area contributed by atoms with E-state index in [1.54, 1.807) is 40.9 Å². The van der Waals surface area contributed by atoms with E-state index in [1.807, 2.05) is 6.92 Å². The van der Waals surface area contributed by atoms with Crippen LogP contribution in [0.1, 0.15) is 15.4 Å². The van der Waals surface area contributed by atoms with Crippen LogP contribution in [0.25, 0.3) is 16.2 Å². The third kappa shape index (κ3) is 3.92. The monoisotopic (exact) mass is 438 g/mol. The summed E-state index contributed by atoms with van der Waals surface area (Å²) in [4.78, 5) is 29.1. The number of benzene rings is 2. The van der Waals surface area contributed by atoms with Gasteiger partial charge in [0.05, 0.1) is 24.8 Å². The van der Waals surface area contributed by atoms with E-state index >= 15 is 0 Å². The van der Waals surface area contributed by atoms with Gasteiger partial charge in [0.15, 0.2) is 4.96 Å². The van der Waals surface area contributed by atoms with E-state index in [-0.39, 0.29) is 11.6 Å². The van der Waals surface area contributed by atoms with Crippen LogP contribution in [0.5, 0.6) is 11.5 Å². The number of hydrogen-bond donors (Lipinski definition) is 1. The van der Waals surface area contributed by atoms with Gasteiger partial charge in [-0.25, -0.2) is 4.98 Å². The number of carbonyl (C=O) groups is 1. The van der Waals surface area contributed by atoms with Crippen molar-refractivity contribution < 1.29 is 19.2 Å². The van der Waals surface area contributed by atoms with Gasteiger partial charge < -0.3 is 14.8 Å². The van der Waals surface area contributed by atoms with Gasteiger partial charge in [0.1, 0.15) is 16.4 Å². The summed E-state index contributed by atoms with van der Waals surface area (Å²) in [5.74, 6) is 0.850. The molecule has 0 radical (unpaired) electrons. The topological polar surface area (TPSA) is 108 Å². The molecule has 2 aromatic heterocycles. The van der Waals surface area contributed by atoms with Crippen LogP contribution in [0.2, 0.25) is 0 Å². The van der Waals surface area contributed by atoms with Gasteiger partial charge in [-0.1, -0.05) is 23.5 Å². The second kappa shape index (κ2) is 8.07. The minimum Gasteiger partial charge on any atom is -0.497 e. The molecular weight excluding hydrogens is 420 g/mol. The Bertz CT molecular complexity index is 1290. The van der Waals surface area contributed by atoms with Crippen molar-refractivity contribution in [2.24, 2.45) is 0 Å². The highest BCUT2D eigenvalue weighted by Gasteiger charge is 2.19. The molecule has 10 heteroatoms. The third-order valence-corrected chi connectivity index (χ3v) is 5.88. The summed E-state index contributed by atoms with van der Waals surface area (Å²) in [5.41, 5.74) is 2.50. The number of non-ortho nitro benzene ring substituents is 1. The fourth-order valence-corrected chi connectivity index (χ4v) is 4.15. The molecule has 9 nitrogen and oxygen atoms in total. The van der Waals surface area contributed by atoms with Crippen molar-refractivity contribution in [1.82, 2.24) is 9.38 Å². The van der Waals surface area contributed by atoms with Crippen molar-refractivity contribution in [3.05, 3.63) is 69.3 Å². The van der Waals surface area contributed by atoms with Crippen molar-refractivity contribution in [3.8, 4) is 22.8 Å². The average Bonchev–Trinajstić information content (AvgIpc) is 3.33. The lowest BCUT2D eigenvalue weighted by Crippen LogP contribution is -2.12. The summed E-state index contributed by atoms with van der Waals surface area (Å²) in [6.07, 6.45) is 1.77. The molecule has 2 aromatic carbocycles. The van der Waals surface area contributed by atoms with E-state index < -0.39 is 4.92 Å². The fraction of sp³-hybridized carbons (Fsp3) is 0.143. The molecule has 2 heterocycles. The highest BCUT2D eigenvalue weighted by molar-refractivity contribution is 7.19. The van der Waals surface area contributed by atoms with Crippen LogP contribution in [0.4, 0.5) is 11.4 Å². The Morgan fingerprint density at radius 2 is 1.87 bits per heavy atom. The molecule has 0 atom stereocenters. The van der Waals surface area contributed by atoms with Gasteiger partial charge in [-0.3, -0.25) is 19.3 Å². The maximum Gasteiger partial charge on any atom is 0.270 e. The number of hydrogen-bond acceptors (Lipinski definition) is 7. The van der Waals surface area contributed by atoms with Gasteiger partial charge in [-0.05, 0) is 6.92 Å². The van der Waals surface area contributed by atoms with Crippen LogP contribution in [-0.4, -0.2) is 34.4 Å². The molecule has 31 heavy (non-hydrogen) atoms. The first-order valence-electron chi connectivity index (χ1n) is 9.17. The van der Waals surface area contributed by atoms with Gasteiger partial charge in [-0.15, -0.1) is 0 Å². The zero-order valence-electron chi connectivity index (χ0n) is 16.9. The molecule has 158 valence electrons. The largest absolute Gasteiger partial charge is 0.497 e. The molecule has 4 aromatic rings. The number of nitro groups is 1. The number of rotatable bonds is 6. The first-order valence-corrected chi connectivity index (χ1v) is 9.99. The standard InChI is InChI=1S/C21H18N4O5S/c1-12-19(20(26)22-14-8-16(29-2)10-17(9-14)30-3)31-21-23-18(11-24(12)21)13-5-4-6-15(7-13)25(27)28/h4-11H,1-3H3,(H,22,26). The number of aromatic nitrogens is 2. The predicted octanol–water partition coefficient (Wildman–Crippen LogP) is 4.55. The molecule has 0 bridgehead atoms. The number of ether oxygens (including phenoxy) is 2. The molecule has 1 amide bonds. The van der Waals surface area contributed by atoms with Crippen molar-refractivity contribution in [3.63, 3.8) is 0 Å². The van der Waals surface area contributed by atoms with E-state index in [0.717, 1.165) is 5.69 Å². The second-order valence-corrected chi connectivity index (χ2v) is 7.64. The highest BCUT2D eigenvalue weighted by atomic mass is 32.1. The first-order chi connectivity index (χ1) is 14.9. The number of nitrogens with zero attached hydrogens (tertiary/aromatic N) is 3. The molecule has 0 aliphatic carbocycles. The van der Waals surface area contributed by atoms with Crippen LogP contribution in [0.3, 0.4) is 0 Å². The maximum absolute atomic E-state index is 12.9. The molecule has 0 saturated heterocycles. The molecule has 0 unspecified atom stereocenters. The Balaban J connectivity index is 1.63. The second-order valence-electron chi connectivity index (χ2n) is 6.66. The number of anilines is 1. The number of imidazole rings is 1. The lowest BCUT2D eigenvalue weighted by Gasteiger charge is -2.09. The Morgan fingerprint density at radius 1 is 1.16 bits per heavy atom. The molecule has 0 fully saturated rings. The highest BCUT2D eigenvalue weighted by Crippen LogP contribution is 2.30. The van der Waals surface area contributed by atoms with E-state index in [2.05, 4.69) is 10.3 Å². The van der Waals surface area contributed by atoms with Crippen LogP contribution >= 0.6 is 11.3 Å². The summed E-state index contributed by atoms with van der Waals surface area (Å²) < 4.78 is 12.3. The Labute approximate surface area is 181 Å². The minimum atomic E-state index is -0.441. The summed E-state index contributed by atoms with van der Waals surface area (Å²) in [7, 11) is 3.08. The van der Waals surface area contributed by atoms with Crippen molar-refractivity contribution in [1.29, 1.82) is 0 Å². The normalized spacial score (nSPS) is 10.8. The van der Waals surface area contributed by atoms with Crippen LogP contribution < -0.4 is 14.8 Å². The van der Waals surface area contributed by atoms with Crippen molar-refractivity contribution in [2.45, 2.75) is 6.92 Å². The van der Waals surface area contributed by atoms with E-state index in [9.17, 15) is 14.9 Å². The Kier molecular flexibility index (Phi) is 5.30. The maximum atomic E-state index is 12.9. The van der Waals surface area contributed by atoms with Crippen LogP contribution in [-0.2, 0) is 0 Å². The number of carbonyl (C=O) groups excluding carboxylic acids is 1. The summed E-state index contributed by atoms with van der Waals surface area (Å²) in [6, 6.07) is 11.4. The van der Waals surface area contributed by atoms with Crippen LogP contribution in [0, 0.1) is 17.0 Å². The fourth-order valence-electron chi connectivity index (χ4n) is 3.15. The van der Waals surface area contributed by atoms with Crippen molar-refractivity contribution in [2.75, 3.05) is 19.5 Å². The lowest BCUT2D eigenvalue weighted by atomic mass is 10.1. The average molecular weight is 438 g/mol. The van der Waals surface area contributed by atoms with Gasteiger partial charge >= 0.3 is 0 Å². The van der Waals surface area contributed by atoms with E-state index in [1.165, 1.54) is 37.7 Å². The summed E-state index contributed by atoms with van der Waals surface area (Å²) >= 11 is 1.24. The summed E-state index contributed by atoms with van der Waals surface area (Å²) in [5, 5.41) is 13.9. The molecule has 0 aliphatic rings. The Morgan fingerprint density at radius 3 is 2.48 bits per heavy atom. The van der Waals surface area contributed by atoms with Gasteiger partial charge in [0.25, 0.3) is 11.6 Å². The molecule has 4 rings (SSSR count). The van der Waals surface area contributed by atoms with Crippen molar-refractivity contribution >= 4 is 33.6 Å². The number of methoxy groups -OCH3 is 2. The van der Waals surface area contributed by atoms with E-state index in [4.69, 9.17) is 9.47 Å². The van der Waals surface area contributed by atoms with Gasteiger partial charge in [0.2, 0.25) is 0 Å². The molecule has 0 spiro atoms. The zero-order valence-corrected chi connectivity index (χ0v) is 17.7. The number of nitrogens with one attached hydrogen (secondary N) is 1. The van der Waals surface area contributed by atoms with Gasteiger partial charge in [0, 0.05) is 53.5 Å². The first kappa shape index (κ1) is 20.4. The predicted molar refractivity (Wildman–Crippen MR) is 117 cm³/mol. The molecule has 1 N–H and O–H groups in total.